The number of benzene rings is 1. The smallest absolute Gasteiger partial charge is 0.137 e. The summed E-state index contributed by atoms with van der Waals surface area (Å²) in [6.45, 7) is 1.03. The highest BCUT2D eigenvalue weighted by molar-refractivity contribution is 9.10. The Morgan fingerprint density at radius 3 is 2.85 bits per heavy atom. The van der Waals surface area contributed by atoms with E-state index in [0.29, 0.717) is 5.92 Å². The molecule has 0 amide bonds. The van der Waals surface area contributed by atoms with Crippen molar-refractivity contribution in [1.82, 2.24) is 9.97 Å². The molecule has 0 radical (unpaired) electrons. The summed E-state index contributed by atoms with van der Waals surface area (Å²) in [7, 11) is 0. The lowest BCUT2D eigenvalue weighted by molar-refractivity contribution is 0.752. The van der Waals surface area contributed by atoms with Gasteiger partial charge in [0.15, 0.2) is 0 Å². The highest BCUT2D eigenvalue weighted by atomic mass is 79.9. The average Bonchev–Trinajstić information content (AvgIpc) is 3.30. The third kappa shape index (κ3) is 2.22. The molecule has 2 aromatic rings. The van der Waals surface area contributed by atoms with Crippen LogP contribution < -0.4 is 4.90 Å². The van der Waals surface area contributed by atoms with Crippen molar-refractivity contribution in [2.45, 2.75) is 31.6 Å². The lowest BCUT2D eigenvalue weighted by Gasteiger charge is -2.30. The van der Waals surface area contributed by atoms with Crippen LogP contribution in [0, 0.1) is 0 Å². The number of halogens is 1. The Labute approximate surface area is 127 Å². The number of hydrogen-bond donors (Lipinski definition) is 0. The standard InChI is InChI=1S/C16H16BrN3/c17-14-10-15(19-16(18-14)12-7-8-12)20-9-3-5-11-4-1-2-6-13(11)20/h1-2,4,6,10,12H,3,5,7-9H2. The number of fused-ring (bicyclic) bond motifs is 1. The maximum absolute atomic E-state index is 4.80. The lowest BCUT2D eigenvalue weighted by Crippen LogP contribution is -2.25. The minimum atomic E-state index is 0.575. The van der Waals surface area contributed by atoms with Crippen LogP contribution in [0.15, 0.2) is 34.9 Å². The molecular weight excluding hydrogens is 314 g/mol. The fourth-order valence-corrected chi connectivity index (χ4v) is 3.24. The van der Waals surface area contributed by atoms with Crippen LogP contribution in [0.3, 0.4) is 0 Å². The summed E-state index contributed by atoms with van der Waals surface area (Å²) < 4.78 is 0.896. The molecule has 1 saturated carbocycles. The fourth-order valence-electron chi connectivity index (χ4n) is 2.86. The number of para-hydroxylation sites is 1. The summed E-state index contributed by atoms with van der Waals surface area (Å²) in [4.78, 5) is 11.7. The molecule has 0 atom stereocenters. The summed E-state index contributed by atoms with van der Waals surface area (Å²) in [6, 6.07) is 10.7. The Morgan fingerprint density at radius 2 is 2.00 bits per heavy atom. The zero-order chi connectivity index (χ0) is 13.5. The molecule has 1 aliphatic heterocycles. The Bertz CT molecular complexity index is 652. The van der Waals surface area contributed by atoms with E-state index in [-0.39, 0.29) is 0 Å². The molecule has 20 heavy (non-hydrogen) atoms. The van der Waals surface area contributed by atoms with E-state index in [1.54, 1.807) is 0 Å². The molecule has 4 heteroatoms. The van der Waals surface area contributed by atoms with E-state index in [9.17, 15) is 0 Å². The Morgan fingerprint density at radius 1 is 1.15 bits per heavy atom. The van der Waals surface area contributed by atoms with Crippen LogP contribution in [0.4, 0.5) is 11.5 Å². The van der Waals surface area contributed by atoms with E-state index in [0.717, 1.165) is 29.2 Å². The quantitative estimate of drug-likeness (QED) is 0.773. The molecule has 1 aromatic heterocycles. The van der Waals surface area contributed by atoms with Gasteiger partial charge in [0.25, 0.3) is 0 Å². The van der Waals surface area contributed by atoms with E-state index in [2.05, 4.69) is 50.1 Å². The second-order valence-electron chi connectivity index (χ2n) is 5.57. The van der Waals surface area contributed by atoms with E-state index < -0.39 is 0 Å². The molecule has 1 aliphatic carbocycles. The Hall–Kier alpha value is -1.42. The fraction of sp³-hybridized carbons (Fsp3) is 0.375. The van der Waals surface area contributed by atoms with Gasteiger partial charge in [-0.25, -0.2) is 9.97 Å². The van der Waals surface area contributed by atoms with Crippen LogP contribution in [0.2, 0.25) is 0 Å². The molecule has 0 bridgehead atoms. The molecular formula is C16H16BrN3. The van der Waals surface area contributed by atoms with E-state index >= 15 is 0 Å². The first-order valence-electron chi connectivity index (χ1n) is 7.21. The Kier molecular flexibility index (Phi) is 2.99. The maximum atomic E-state index is 4.80. The van der Waals surface area contributed by atoms with E-state index in [1.165, 1.54) is 30.5 Å². The first-order chi connectivity index (χ1) is 9.81. The van der Waals surface area contributed by atoms with Crippen molar-refractivity contribution < 1.29 is 0 Å². The van der Waals surface area contributed by atoms with E-state index in [4.69, 9.17) is 4.98 Å². The molecule has 0 spiro atoms. The molecule has 0 N–H and O–H groups in total. The number of aromatic nitrogens is 2. The van der Waals surface area contributed by atoms with Gasteiger partial charge in [0.1, 0.15) is 16.2 Å². The predicted octanol–water partition coefficient (Wildman–Crippen LogP) is 4.20. The van der Waals surface area contributed by atoms with Crippen LogP contribution >= 0.6 is 15.9 Å². The third-order valence-corrected chi connectivity index (χ3v) is 4.43. The summed E-state index contributed by atoms with van der Waals surface area (Å²) in [5, 5.41) is 0. The van der Waals surface area contributed by atoms with Gasteiger partial charge in [0.05, 0.1) is 0 Å². The van der Waals surface area contributed by atoms with Crippen LogP contribution in [0.1, 0.15) is 36.6 Å². The molecule has 1 fully saturated rings. The lowest BCUT2D eigenvalue weighted by atomic mass is 10.0. The Balaban J connectivity index is 1.78. The number of aryl methyl sites for hydroxylation is 1. The monoisotopic (exact) mass is 329 g/mol. The first kappa shape index (κ1) is 12.3. The molecule has 2 aliphatic rings. The summed E-state index contributed by atoms with van der Waals surface area (Å²) in [5.41, 5.74) is 2.72. The molecule has 0 saturated heterocycles. The zero-order valence-corrected chi connectivity index (χ0v) is 12.8. The highest BCUT2D eigenvalue weighted by Crippen LogP contribution is 2.40. The van der Waals surface area contributed by atoms with Gasteiger partial charge in [-0.3, -0.25) is 0 Å². The van der Waals surface area contributed by atoms with Crippen molar-refractivity contribution >= 4 is 27.4 Å². The van der Waals surface area contributed by atoms with Gasteiger partial charge in [-0.15, -0.1) is 0 Å². The first-order valence-corrected chi connectivity index (χ1v) is 8.00. The van der Waals surface area contributed by atoms with Crippen LogP contribution in [0.5, 0.6) is 0 Å². The zero-order valence-electron chi connectivity index (χ0n) is 11.2. The van der Waals surface area contributed by atoms with Gasteiger partial charge < -0.3 is 4.90 Å². The normalized spacial score (nSPS) is 17.9. The predicted molar refractivity (Wildman–Crippen MR) is 83.5 cm³/mol. The molecule has 102 valence electrons. The van der Waals surface area contributed by atoms with Crippen molar-refractivity contribution in [2.75, 3.05) is 11.4 Å². The minimum Gasteiger partial charge on any atom is -0.326 e. The van der Waals surface area contributed by atoms with Crippen molar-refractivity contribution in [3.05, 3.63) is 46.3 Å². The number of rotatable bonds is 2. The van der Waals surface area contributed by atoms with Crippen molar-refractivity contribution in [3.8, 4) is 0 Å². The topological polar surface area (TPSA) is 29.0 Å². The van der Waals surface area contributed by atoms with Crippen molar-refractivity contribution in [2.24, 2.45) is 0 Å². The van der Waals surface area contributed by atoms with Gasteiger partial charge in [-0.1, -0.05) is 18.2 Å². The minimum absolute atomic E-state index is 0.575. The number of nitrogens with zero attached hydrogens (tertiary/aromatic N) is 3. The largest absolute Gasteiger partial charge is 0.326 e. The summed E-state index contributed by atoms with van der Waals surface area (Å²) in [6.07, 6.45) is 4.80. The second kappa shape index (κ2) is 4.85. The van der Waals surface area contributed by atoms with E-state index in [1.807, 2.05) is 6.07 Å². The van der Waals surface area contributed by atoms with Gasteiger partial charge in [-0.05, 0) is 53.2 Å². The molecule has 3 nitrogen and oxygen atoms in total. The third-order valence-electron chi connectivity index (χ3n) is 4.03. The van der Waals surface area contributed by atoms with Crippen molar-refractivity contribution in [1.29, 1.82) is 0 Å². The van der Waals surface area contributed by atoms with Gasteiger partial charge in [-0.2, -0.15) is 0 Å². The van der Waals surface area contributed by atoms with Gasteiger partial charge in [0.2, 0.25) is 0 Å². The van der Waals surface area contributed by atoms with Crippen LogP contribution in [-0.2, 0) is 6.42 Å². The van der Waals surface area contributed by atoms with Crippen LogP contribution in [0.25, 0.3) is 0 Å². The number of hydrogen-bond acceptors (Lipinski definition) is 3. The molecule has 1 aromatic carbocycles. The second-order valence-corrected chi connectivity index (χ2v) is 6.38. The summed E-state index contributed by atoms with van der Waals surface area (Å²) in [5.74, 6) is 2.60. The maximum Gasteiger partial charge on any atom is 0.137 e. The summed E-state index contributed by atoms with van der Waals surface area (Å²) >= 11 is 3.54. The van der Waals surface area contributed by atoms with Gasteiger partial charge in [0, 0.05) is 24.2 Å². The molecule has 4 rings (SSSR count). The SMILES string of the molecule is Brc1cc(N2CCCc3ccccc32)nc(C2CC2)n1. The molecule has 0 unspecified atom stereocenters. The van der Waals surface area contributed by atoms with Gasteiger partial charge >= 0.3 is 0 Å². The number of anilines is 2. The van der Waals surface area contributed by atoms with Crippen molar-refractivity contribution in [3.63, 3.8) is 0 Å². The van der Waals surface area contributed by atoms with Crippen LogP contribution in [-0.4, -0.2) is 16.5 Å². The average molecular weight is 330 g/mol. The molecule has 2 heterocycles. The highest BCUT2D eigenvalue weighted by Gasteiger charge is 2.28.